The minimum absolute atomic E-state index is 0.610. The molecule has 1 N–H and O–H groups in total. The molecule has 0 aromatic carbocycles. The second-order valence-electron chi connectivity index (χ2n) is 5.99. The Kier molecular flexibility index (Phi) is 4.83. The first-order chi connectivity index (χ1) is 8.16. The van der Waals surface area contributed by atoms with E-state index < -0.39 is 0 Å². The van der Waals surface area contributed by atoms with Crippen molar-refractivity contribution >= 4 is 0 Å². The Hall–Kier alpha value is -0.120. The zero-order valence-corrected chi connectivity index (χ0v) is 11.6. The topological polar surface area (TPSA) is 24.5 Å². The third-order valence-corrected chi connectivity index (χ3v) is 4.31. The van der Waals surface area contributed by atoms with Crippen LogP contribution in [0.25, 0.3) is 0 Å². The smallest absolute Gasteiger partial charge is 0.0469 e. The van der Waals surface area contributed by atoms with E-state index in [1.807, 2.05) is 0 Å². The summed E-state index contributed by atoms with van der Waals surface area (Å²) in [5, 5.41) is 3.66. The summed E-state index contributed by atoms with van der Waals surface area (Å²) in [6.07, 6.45) is 3.81. The van der Waals surface area contributed by atoms with Gasteiger partial charge in [0, 0.05) is 44.4 Å². The van der Waals surface area contributed by atoms with Crippen LogP contribution in [-0.2, 0) is 4.74 Å². The molecule has 0 bridgehead atoms. The molecule has 3 nitrogen and oxygen atoms in total. The zero-order valence-electron chi connectivity index (χ0n) is 11.6. The first-order valence-corrected chi connectivity index (χ1v) is 7.24. The molecule has 2 aliphatic rings. The van der Waals surface area contributed by atoms with Gasteiger partial charge in [-0.3, -0.25) is 4.90 Å². The van der Waals surface area contributed by atoms with Gasteiger partial charge in [-0.05, 0) is 32.1 Å². The standard InChI is InChI=1S/C14H28N2O/c1-11(2)15-14-4-7-16(10-14)12(3)13-5-8-17-9-6-13/h11-15H,4-10H2,1-3H3. The summed E-state index contributed by atoms with van der Waals surface area (Å²) in [6.45, 7) is 11.3. The number of hydrogen-bond acceptors (Lipinski definition) is 3. The molecular formula is C14H28N2O. The average Bonchev–Trinajstić information content (AvgIpc) is 2.77. The predicted octanol–water partition coefficient (Wildman–Crippen LogP) is 1.87. The van der Waals surface area contributed by atoms with Crippen molar-refractivity contribution in [3.63, 3.8) is 0 Å². The summed E-state index contributed by atoms with van der Waals surface area (Å²) in [7, 11) is 0. The molecule has 2 atom stereocenters. The van der Waals surface area contributed by atoms with Gasteiger partial charge in [0.15, 0.2) is 0 Å². The van der Waals surface area contributed by atoms with Crippen LogP contribution in [0.2, 0.25) is 0 Å². The second-order valence-corrected chi connectivity index (χ2v) is 5.99. The number of likely N-dealkylation sites (tertiary alicyclic amines) is 1. The van der Waals surface area contributed by atoms with Crippen molar-refractivity contribution < 1.29 is 4.74 Å². The molecule has 0 radical (unpaired) electrons. The van der Waals surface area contributed by atoms with E-state index in [0.717, 1.165) is 25.2 Å². The Morgan fingerprint density at radius 3 is 2.47 bits per heavy atom. The maximum absolute atomic E-state index is 5.46. The van der Waals surface area contributed by atoms with Gasteiger partial charge >= 0.3 is 0 Å². The molecule has 0 aliphatic carbocycles. The van der Waals surface area contributed by atoms with E-state index in [-0.39, 0.29) is 0 Å². The van der Waals surface area contributed by atoms with Gasteiger partial charge < -0.3 is 10.1 Å². The van der Waals surface area contributed by atoms with Gasteiger partial charge in [0.1, 0.15) is 0 Å². The maximum Gasteiger partial charge on any atom is 0.0469 e. The van der Waals surface area contributed by atoms with Crippen LogP contribution in [-0.4, -0.2) is 49.3 Å². The maximum atomic E-state index is 5.46. The molecule has 100 valence electrons. The fraction of sp³-hybridized carbons (Fsp3) is 1.00. The third kappa shape index (κ3) is 3.67. The van der Waals surface area contributed by atoms with E-state index in [0.29, 0.717) is 12.1 Å². The second kappa shape index (κ2) is 6.17. The number of nitrogens with zero attached hydrogens (tertiary/aromatic N) is 1. The van der Waals surface area contributed by atoms with Crippen LogP contribution in [0.5, 0.6) is 0 Å². The van der Waals surface area contributed by atoms with Gasteiger partial charge in [-0.25, -0.2) is 0 Å². The number of hydrogen-bond donors (Lipinski definition) is 1. The van der Waals surface area contributed by atoms with Crippen LogP contribution in [0.4, 0.5) is 0 Å². The molecule has 0 aromatic rings. The van der Waals surface area contributed by atoms with Gasteiger partial charge in [-0.15, -0.1) is 0 Å². The summed E-state index contributed by atoms with van der Waals surface area (Å²) in [6, 6.07) is 2.05. The van der Waals surface area contributed by atoms with Crippen molar-refractivity contribution in [3.8, 4) is 0 Å². The van der Waals surface area contributed by atoms with E-state index in [1.54, 1.807) is 0 Å². The van der Waals surface area contributed by atoms with Crippen LogP contribution >= 0.6 is 0 Å². The van der Waals surface area contributed by atoms with Crippen molar-refractivity contribution in [1.82, 2.24) is 10.2 Å². The van der Waals surface area contributed by atoms with E-state index in [4.69, 9.17) is 4.74 Å². The average molecular weight is 240 g/mol. The zero-order chi connectivity index (χ0) is 12.3. The van der Waals surface area contributed by atoms with Gasteiger partial charge in [0.05, 0.1) is 0 Å². The van der Waals surface area contributed by atoms with Gasteiger partial charge in [0.2, 0.25) is 0 Å². The minimum Gasteiger partial charge on any atom is -0.381 e. The summed E-state index contributed by atoms with van der Waals surface area (Å²) in [4.78, 5) is 2.68. The van der Waals surface area contributed by atoms with Crippen LogP contribution in [0.15, 0.2) is 0 Å². The highest BCUT2D eigenvalue weighted by Gasteiger charge is 2.31. The molecule has 0 aromatic heterocycles. The van der Waals surface area contributed by atoms with Crippen molar-refractivity contribution in [2.45, 2.75) is 58.2 Å². The van der Waals surface area contributed by atoms with Gasteiger partial charge in [0.25, 0.3) is 0 Å². The summed E-state index contributed by atoms with van der Waals surface area (Å²) in [5.41, 5.74) is 0. The molecule has 2 heterocycles. The van der Waals surface area contributed by atoms with Crippen LogP contribution in [0.1, 0.15) is 40.0 Å². The molecule has 2 fully saturated rings. The number of nitrogens with one attached hydrogen (secondary N) is 1. The molecule has 2 rings (SSSR count). The lowest BCUT2D eigenvalue weighted by molar-refractivity contribution is 0.0351. The Bertz CT molecular complexity index is 226. The molecule has 0 saturated carbocycles. The van der Waals surface area contributed by atoms with E-state index in [9.17, 15) is 0 Å². The molecular weight excluding hydrogens is 212 g/mol. The molecule has 17 heavy (non-hydrogen) atoms. The third-order valence-electron chi connectivity index (χ3n) is 4.31. The highest BCUT2D eigenvalue weighted by atomic mass is 16.5. The highest BCUT2D eigenvalue weighted by molar-refractivity contribution is 4.87. The lowest BCUT2D eigenvalue weighted by Gasteiger charge is -2.34. The van der Waals surface area contributed by atoms with Crippen LogP contribution in [0, 0.1) is 5.92 Å². The van der Waals surface area contributed by atoms with Crippen LogP contribution < -0.4 is 5.32 Å². The Labute approximate surface area is 106 Å². The predicted molar refractivity (Wildman–Crippen MR) is 71.3 cm³/mol. The van der Waals surface area contributed by atoms with Gasteiger partial charge in [-0.1, -0.05) is 13.8 Å². The molecule has 0 amide bonds. The summed E-state index contributed by atoms with van der Waals surface area (Å²) < 4.78 is 5.46. The molecule has 2 aliphatic heterocycles. The van der Waals surface area contributed by atoms with E-state index >= 15 is 0 Å². The van der Waals surface area contributed by atoms with Gasteiger partial charge in [-0.2, -0.15) is 0 Å². The monoisotopic (exact) mass is 240 g/mol. The SMILES string of the molecule is CC(C)NC1CCN(C(C)C2CCOCC2)C1. The van der Waals surface area contributed by atoms with E-state index in [1.165, 1.54) is 32.4 Å². The van der Waals surface area contributed by atoms with Crippen molar-refractivity contribution in [2.75, 3.05) is 26.3 Å². The van der Waals surface area contributed by atoms with Crippen molar-refractivity contribution in [2.24, 2.45) is 5.92 Å². The first-order valence-electron chi connectivity index (χ1n) is 7.24. The van der Waals surface area contributed by atoms with Crippen molar-refractivity contribution in [3.05, 3.63) is 0 Å². The lowest BCUT2D eigenvalue weighted by atomic mass is 9.92. The molecule has 0 spiro atoms. The first kappa shape index (κ1) is 13.3. The molecule has 2 saturated heterocycles. The molecule has 2 unspecified atom stereocenters. The van der Waals surface area contributed by atoms with Crippen molar-refractivity contribution in [1.29, 1.82) is 0 Å². The Balaban J connectivity index is 1.78. The Morgan fingerprint density at radius 1 is 1.12 bits per heavy atom. The number of rotatable bonds is 4. The van der Waals surface area contributed by atoms with E-state index in [2.05, 4.69) is 31.0 Å². The Morgan fingerprint density at radius 2 is 1.82 bits per heavy atom. The highest BCUT2D eigenvalue weighted by Crippen LogP contribution is 2.25. The minimum atomic E-state index is 0.610. The lowest BCUT2D eigenvalue weighted by Crippen LogP contribution is -2.42. The fourth-order valence-electron chi connectivity index (χ4n) is 3.26. The summed E-state index contributed by atoms with van der Waals surface area (Å²) >= 11 is 0. The fourth-order valence-corrected chi connectivity index (χ4v) is 3.26. The number of ether oxygens (including phenoxy) is 1. The summed E-state index contributed by atoms with van der Waals surface area (Å²) in [5.74, 6) is 0.849. The largest absolute Gasteiger partial charge is 0.381 e. The van der Waals surface area contributed by atoms with Crippen LogP contribution in [0.3, 0.4) is 0 Å². The normalized spacial score (nSPS) is 30.0. The quantitative estimate of drug-likeness (QED) is 0.812. The molecule has 3 heteroatoms.